The van der Waals surface area contributed by atoms with Crippen molar-refractivity contribution in [3.05, 3.63) is 39.5 Å². The van der Waals surface area contributed by atoms with Gasteiger partial charge in [-0.2, -0.15) is 0 Å². The van der Waals surface area contributed by atoms with Crippen molar-refractivity contribution in [2.45, 2.75) is 33.6 Å². The summed E-state index contributed by atoms with van der Waals surface area (Å²) < 4.78 is 10.3. The first-order chi connectivity index (χ1) is 12.3. The molecule has 2 atom stereocenters. The lowest BCUT2D eigenvalue weighted by molar-refractivity contribution is -0.146. The first kappa shape index (κ1) is 19.4. The minimum absolute atomic E-state index is 0.0426. The van der Waals surface area contributed by atoms with Crippen LogP contribution in [0.1, 0.15) is 39.3 Å². The van der Waals surface area contributed by atoms with Crippen molar-refractivity contribution < 1.29 is 19.1 Å². The Labute approximate surface area is 151 Å². The maximum absolute atomic E-state index is 12.6. The van der Waals surface area contributed by atoms with E-state index in [1.165, 1.54) is 6.07 Å². The van der Waals surface area contributed by atoms with Crippen molar-refractivity contribution >= 4 is 23.3 Å². The Morgan fingerprint density at radius 2 is 1.85 bits per heavy atom. The van der Waals surface area contributed by atoms with Gasteiger partial charge in [-0.15, -0.1) is 0 Å². The molecule has 2 rings (SSSR count). The summed E-state index contributed by atoms with van der Waals surface area (Å²) in [6, 6.07) is 3.02. The topological polar surface area (TPSA) is 124 Å². The van der Waals surface area contributed by atoms with Crippen LogP contribution in [0.3, 0.4) is 0 Å². The van der Waals surface area contributed by atoms with Gasteiger partial charge in [-0.25, -0.2) is 4.79 Å². The monoisotopic (exact) mass is 361 g/mol. The molecule has 1 aliphatic heterocycles. The molecule has 8 nitrogen and oxygen atoms in total. The molecule has 0 bridgehead atoms. The third-order valence-corrected chi connectivity index (χ3v) is 4.16. The molecule has 0 fully saturated rings. The zero-order valence-electron chi connectivity index (χ0n) is 15.3. The third-order valence-electron chi connectivity index (χ3n) is 4.16. The van der Waals surface area contributed by atoms with Crippen molar-refractivity contribution in [3.8, 4) is 0 Å². The lowest BCUT2D eigenvalue weighted by Crippen LogP contribution is -2.37. The summed E-state index contributed by atoms with van der Waals surface area (Å²) in [7, 11) is 0. The number of nitrogen functional groups attached to an aromatic ring is 1. The number of aliphatic imine (C=N–C) groups is 1. The maximum atomic E-state index is 12.6. The van der Waals surface area contributed by atoms with E-state index in [1.54, 1.807) is 33.8 Å². The molecule has 3 N–H and O–H groups in total. The minimum Gasteiger partial charge on any atom is -0.465 e. The highest BCUT2D eigenvalue weighted by Crippen LogP contribution is 2.39. The number of pyridine rings is 1. The van der Waals surface area contributed by atoms with Gasteiger partial charge in [0.05, 0.1) is 30.4 Å². The van der Waals surface area contributed by atoms with E-state index in [0.29, 0.717) is 17.1 Å². The SMILES string of the molecule is CCOC(=O)C1=C(C)N=C(C)C(C(=O)OCC)C1c1ccc(N)c(=O)[nH]1. The quantitative estimate of drug-likeness (QED) is 0.767. The fraction of sp³-hybridized carbons (Fsp3) is 0.444. The molecule has 2 heterocycles. The lowest BCUT2D eigenvalue weighted by Gasteiger charge is -2.31. The number of anilines is 1. The first-order valence-electron chi connectivity index (χ1n) is 8.40. The number of H-pyrrole nitrogens is 1. The predicted octanol–water partition coefficient (Wildman–Crippen LogP) is 1.53. The minimum atomic E-state index is -0.850. The molecule has 0 aliphatic carbocycles. The highest BCUT2D eigenvalue weighted by molar-refractivity contribution is 6.06. The Bertz CT molecular complexity index is 837. The molecule has 0 spiro atoms. The van der Waals surface area contributed by atoms with Gasteiger partial charge in [0.2, 0.25) is 0 Å². The highest BCUT2D eigenvalue weighted by Gasteiger charge is 2.42. The molecular formula is C18H23N3O5. The van der Waals surface area contributed by atoms with Gasteiger partial charge in [-0.1, -0.05) is 0 Å². The molecule has 140 valence electrons. The molecule has 1 aromatic rings. The molecule has 1 aromatic heterocycles. The maximum Gasteiger partial charge on any atom is 0.336 e. The molecule has 1 aliphatic rings. The number of hydrogen-bond donors (Lipinski definition) is 2. The van der Waals surface area contributed by atoms with Crippen LogP contribution in [0.2, 0.25) is 0 Å². The Morgan fingerprint density at radius 3 is 2.42 bits per heavy atom. The second kappa shape index (κ2) is 7.99. The highest BCUT2D eigenvalue weighted by atomic mass is 16.5. The van der Waals surface area contributed by atoms with Crippen molar-refractivity contribution in [2.24, 2.45) is 10.9 Å². The normalized spacial score (nSPS) is 19.8. The van der Waals surface area contributed by atoms with Crippen LogP contribution in [0.5, 0.6) is 0 Å². The predicted molar refractivity (Wildman–Crippen MR) is 96.8 cm³/mol. The number of aromatic nitrogens is 1. The standard InChI is InChI=1S/C18H23N3O5/c1-5-25-17(23)13-9(3)20-10(4)14(18(24)26-6-2)15(13)12-8-7-11(19)16(22)21-12/h7-8,13,15H,5-6,19H2,1-4H3,(H,21,22). The largest absolute Gasteiger partial charge is 0.465 e. The first-order valence-corrected chi connectivity index (χ1v) is 8.40. The van der Waals surface area contributed by atoms with E-state index < -0.39 is 29.3 Å². The molecule has 8 heteroatoms. The van der Waals surface area contributed by atoms with E-state index in [1.807, 2.05) is 0 Å². The van der Waals surface area contributed by atoms with Gasteiger partial charge >= 0.3 is 11.9 Å². The average Bonchev–Trinajstić information content (AvgIpc) is 2.57. The van der Waals surface area contributed by atoms with E-state index in [0.717, 1.165) is 0 Å². The lowest BCUT2D eigenvalue weighted by atomic mass is 9.77. The van der Waals surface area contributed by atoms with Crippen molar-refractivity contribution in [2.75, 3.05) is 18.9 Å². The Hall–Kier alpha value is -2.90. The van der Waals surface area contributed by atoms with Gasteiger partial charge in [0.25, 0.3) is 5.56 Å². The summed E-state index contributed by atoms with van der Waals surface area (Å²) in [5, 5.41) is 0. The van der Waals surface area contributed by atoms with Crippen LogP contribution in [-0.4, -0.2) is 35.8 Å². The van der Waals surface area contributed by atoms with Crippen LogP contribution < -0.4 is 11.3 Å². The summed E-state index contributed by atoms with van der Waals surface area (Å²) in [6.07, 6.45) is 0. The van der Waals surface area contributed by atoms with Crippen molar-refractivity contribution in [1.82, 2.24) is 4.98 Å². The van der Waals surface area contributed by atoms with Crippen molar-refractivity contribution in [3.63, 3.8) is 0 Å². The zero-order chi connectivity index (χ0) is 19.4. The van der Waals surface area contributed by atoms with Gasteiger partial charge in [0.1, 0.15) is 5.92 Å². The number of rotatable bonds is 5. The van der Waals surface area contributed by atoms with E-state index in [9.17, 15) is 14.4 Å². The number of nitrogens with two attached hydrogens (primary N) is 1. The molecule has 0 radical (unpaired) electrons. The van der Waals surface area contributed by atoms with Crippen LogP contribution in [0.4, 0.5) is 5.69 Å². The van der Waals surface area contributed by atoms with Crippen LogP contribution in [0, 0.1) is 5.92 Å². The van der Waals surface area contributed by atoms with E-state index >= 15 is 0 Å². The van der Waals surface area contributed by atoms with Gasteiger partial charge < -0.3 is 20.2 Å². The van der Waals surface area contributed by atoms with Crippen molar-refractivity contribution in [1.29, 1.82) is 0 Å². The van der Waals surface area contributed by atoms with Crippen LogP contribution in [0.25, 0.3) is 0 Å². The molecule has 26 heavy (non-hydrogen) atoms. The van der Waals surface area contributed by atoms with Crippen LogP contribution in [0.15, 0.2) is 33.2 Å². The van der Waals surface area contributed by atoms with E-state index in [4.69, 9.17) is 15.2 Å². The Balaban J connectivity index is 2.67. The number of aromatic amines is 1. The fourth-order valence-electron chi connectivity index (χ4n) is 3.07. The number of allylic oxidation sites excluding steroid dienone is 1. The van der Waals surface area contributed by atoms with Gasteiger partial charge in [0, 0.05) is 17.1 Å². The summed E-state index contributed by atoms with van der Waals surface area (Å²) in [5.41, 5.74) is 6.67. The van der Waals surface area contributed by atoms with E-state index in [-0.39, 0.29) is 24.5 Å². The summed E-state index contributed by atoms with van der Waals surface area (Å²) in [5.74, 6) is -2.74. The Kier molecular flexibility index (Phi) is 5.97. The molecule has 2 unspecified atom stereocenters. The Morgan fingerprint density at radius 1 is 1.19 bits per heavy atom. The van der Waals surface area contributed by atoms with Crippen LogP contribution in [-0.2, 0) is 19.1 Å². The summed E-state index contributed by atoms with van der Waals surface area (Å²) in [6.45, 7) is 7.10. The number of nitrogens with zero attached hydrogens (tertiary/aromatic N) is 1. The van der Waals surface area contributed by atoms with E-state index in [2.05, 4.69) is 9.98 Å². The van der Waals surface area contributed by atoms with Gasteiger partial charge in [0.15, 0.2) is 0 Å². The number of hydrogen-bond acceptors (Lipinski definition) is 7. The smallest absolute Gasteiger partial charge is 0.336 e. The van der Waals surface area contributed by atoms with Crippen LogP contribution >= 0.6 is 0 Å². The number of ether oxygens (including phenoxy) is 2. The molecule has 0 aromatic carbocycles. The summed E-state index contributed by atoms with van der Waals surface area (Å²) in [4.78, 5) is 44.1. The molecule has 0 amide bonds. The number of carbonyl (C=O) groups excluding carboxylic acids is 2. The fourth-order valence-corrected chi connectivity index (χ4v) is 3.07. The number of carbonyl (C=O) groups is 2. The second-order valence-electron chi connectivity index (χ2n) is 5.88. The van der Waals surface area contributed by atoms with Gasteiger partial charge in [-0.3, -0.25) is 14.6 Å². The number of nitrogens with one attached hydrogen (secondary N) is 1. The van der Waals surface area contributed by atoms with Gasteiger partial charge in [-0.05, 0) is 39.8 Å². The summed E-state index contributed by atoms with van der Waals surface area (Å²) >= 11 is 0. The average molecular weight is 361 g/mol. The third kappa shape index (κ3) is 3.68. The zero-order valence-corrected chi connectivity index (χ0v) is 15.3. The second-order valence-corrected chi connectivity index (χ2v) is 5.88. The number of esters is 2. The molecule has 0 saturated carbocycles. The molecule has 0 saturated heterocycles. The molecular weight excluding hydrogens is 338 g/mol.